The standard InChI is InChI=1S/Ca.H3O4P.2H2O/c;1-5(2,3)4;;/h;(H3,1,2,3,4);2*1H2. The molecule has 0 unspecified atom stereocenters. The predicted molar refractivity (Wildman–Crippen MR) is 27.2 cm³/mol. The van der Waals surface area contributed by atoms with Crippen LogP contribution in [-0.2, 0) is 4.57 Å². The van der Waals surface area contributed by atoms with Crippen molar-refractivity contribution >= 4 is 45.6 Å². The van der Waals surface area contributed by atoms with E-state index >= 15 is 0 Å². The van der Waals surface area contributed by atoms with Gasteiger partial charge in [-0.25, -0.2) is 4.57 Å². The van der Waals surface area contributed by atoms with Crippen molar-refractivity contribution in [2.45, 2.75) is 0 Å². The summed E-state index contributed by atoms with van der Waals surface area (Å²) in [6, 6.07) is 0. The second-order valence-electron chi connectivity index (χ2n) is 0.513. The summed E-state index contributed by atoms with van der Waals surface area (Å²) in [4.78, 5) is 21.6. The molecule has 0 aromatic carbocycles. The Hall–Kier alpha value is 1.29. The van der Waals surface area contributed by atoms with Crippen LogP contribution >= 0.6 is 7.82 Å². The summed E-state index contributed by atoms with van der Waals surface area (Å²) in [7, 11) is -4.64. The first-order valence-corrected chi connectivity index (χ1v) is 2.35. The monoisotopic (exact) mass is 174 g/mol. The van der Waals surface area contributed by atoms with Crippen LogP contribution in [0.25, 0.3) is 0 Å². The maximum atomic E-state index is 8.88. The van der Waals surface area contributed by atoms with Gasteiger partial charge >= 0.3 is 7.82 Å². The van der Waals surface area contributed by atoms with E-state index in [1.54, 1.807) is 0 Å². The minimum absolute atomic E-state index is 0. The molecule has 50 valence electrons. The third-order valence-corrected chi connectivity index (χ3v) is 0. The predicted octanol–water partition coefficient (Wildman–Crippen LogP) is -2.96. The molecule has 0 aromatic heterocycles. The first kappa shape index (κ1) is 22.8. The molecule has 0 saturated carbocycles. The van der Waals surface area contributed by atoms with E-state index < -0.39 is 7.82 Å². The van der Waals surface area contributed by atoms with Crippen LogP contribution in [0.2, 0.25) is 0 Å². The molecule has 8 heteroatoms. The minimum Gasteiger partial charge on any atom is -0.412 e. The van der Waals surface area contributed by atoms with Crippen LogP contribution in [0.4, 0.5) is 0 Å². The zero-order chi connectivity index (χ0) is 4.50. The smallest absolute Gasteiger partial charge is 0.412 e. The molecule has 0 heterocycles. The summed E-state index contributed by atoms with van der Waals surface area (Å²) in [6.07, 6.45) is 0. The second-order valence-corrected chi connectivity index (χ2v) is 1.54. The molecule has 0 saturated heterocycles. The van der Waals surface area contributed by atoms with Gasteiger partial charge in [-0.1, -0.05) is 0 Å². The molecule has 0 aliphatic carbocycles. The van der Waals surface area contributed by atoms with Crippen molar-refractivity contribution in [3.05, 3.63) is 0 Å². The molecule has 2 radical (unpaired) electrons. The van der Waals surface area contributed by atoms with Crippen LogP contribution in [0.15, 0.2) is 0 Å². The molecule has 0 aliphatic heterocycles. The minimum atomic E-state index is -4.64. The number of phosphoric acid groups is 1. The van der Waals surface area contributed by atoms with Crippen LogP contribution in [0, 0.1) is 0 Å². The average molecular weight is 174 g/mol. The SMILES string of the molecule is O.O.O=P(O)(O)O.[Ca]. The van der Waals surface area contributed by atoms with Gasteiger partial charge < -0.3 is 25.6 Å². The van der Waals surface area contributed by atoms with E-state index in [0.717, 1.165) is 0 Å². The van der Waals surface area contributed by atoms with Crippen molar-refractivity contribution in [2.75, 3.05) is 0 Å². The Kier molecular flexibility index (Phi) is 23.6. The van der Waals surface area contributed by atoms with Gasteiger partial charge in [0.1, 0.15) is 0 Å². The molecule has 8 heavy (non-hydrogen) atoms. The summed E-state index contributed by atoms with van der Waals surface area (Å²) in [5.41, 5.74) is 0. The molecule has 0 bridgehead atoms. The third-order valence-electron chi connectivity index (χ3n) is 0. The van der Waals surface area contributed by atoms with Crippen molar-refractivity contribution in [3.8, 4) is 0 Å². The largest absolute Gasteiger partial charge is 0.466 e. The van der Waals surface area contributed by atoms with E-state index in [4.69, 9.17) is 19.2 Å². The zero-order valence-electron chi connectivity index (χ0n) is 3.90. The molecule has 0 atom stereocenters. The van der Waals surface area contributed by atoms with E-state index in [9.17, 15) is 0 Å². The van der Waals surface area contributed by atoms with E-state index in [1.807, 2.05) is 0 Å². The topological polar surface area (TPSA) is 141 Å². The molecule has 0 aliphatic rings. The second kappa shape index (κ2) is 8.29. The molecule has 6 nitrogen and oxygen atoms in total. The number of rotatable bonds is 0. The Labute approximate surface area is 75.4 Å². The van der Waals surface area contributed by atoms with Gasteiger partial charge in [-0.05, 0) is 0 Å². The van der Waals surface area contributed by atoms with Crippen molar-refractivity contribution < 1.29 is 30.2 Å². The molecule has 0 spiro atoms. The summed E-state index contributed by atoms with van der Waals surface area (Å²) in [6.45, 7) is 0. The quantitative estimate of drug-likeness (QED) is 0.266. The van der Waals surface area contributed by atoms with Crippen molar-refractivity contribution in [3.63, 3.8) is 0 Å². The normalized spacial score (nSPS) is 7.38. The summed E-state index contributed by atoms with van der Waals surface area (Å²) >= 11 is 0. The van der Waals surface area contributed by atoms with Crippen LogP contribution in [0.3, 0.4) is 0 Å². The van der Waals surface area contributed by atoms with Crippen LogP contribution in [-0.4, -0.2) is 63.4 Å². The Morgan fingerprint density at radius 2 is 1.00 bits per heavy atom. The van der Waals surface area contributed by atoms with Crippen molar-refractivity contribution in [1.82, 2.24) is 0 Å². The summed E-state index contributed by atoms with van der Waals surface area (Å²) < 4.78 is 8.88. The Morgan fingerprint density at radius 1 is 1.00 bits per heavy atom. The molecule has 0 rings (SSSR count). The van der Waals surface area contributed by atoms with Crippen LogP contribution < -0.4 is 0 Å². The third kappa shape index (κ3) is 173. The Bertz CT molecular complexity index is 54.7. The fourth-order valence-corrected chi connectivity index (χ4v) is 0. The van der Waals surface area contributed by atoms with Gasteiger partial charge in [0.15, 0.2) is 0 Å². The Balaban J connectivity index is -0.0000000267. The van der Waals surface area contributed by atoms with Gasteiger partial charge in [0.25, 0.3) is 0 Å². The van der Waals surface area contributed by atoms with E-state index in [2.05, 4.69) is 0 Å². The molecular weight excluding hydrogens is 167 g/mol. The van der Waals surface area contributed by atoms with Gasteiger partial charge in [0, 0.05) is 37.7 Å². The zero-order valence-corrected chi connectivity index (χ0v) is 7.01. The molecule has 0 amide bonds. The fraction of sp³-hybridized carbons (Fsp3) is 0. The van der Waals surface area contributed by atoms with Gasteiger partial charge in [-0.3, -0.25) is 0 Å². The van der Waals surface area contributed by atoms with Gasteiger partial charge in [-0.2, -0.15) is 0 Å². The maximum absolute atomic E-state index is 8.88. The van der Waals surface area contributed by atoms with Gasteiger partial charge in [-0.15, -0.1) is 0 Å². The van der Waals surface area contributed by atoms with Crippen molar-refractivity contribution in [1.29, 1.82) is 0 Å². The summed E-state index contributed by atoms with van der Waals surface area (Å²) in [5, 5.41) is 0. The molecule has 0 aromatic rings. The molecule has 0 fully saturated rings. The summed E-state index contributed by atoms with van der Waals surface area (Å²) in [5.74, 6) is 0. The van der Waals surface area contributed by atoms with E-state index in [0.29, 0.717) is 0 Å². The van der Waals surface area contributed by atoms with E-state index in [-0.39, 0.29) is 48.7 Å². The van der Waals surface area contributed by atoms with Crippen LogP contribution in [0.5, 0.6) is 0 Å². The van der Waals surface area contributed by atoms with Gasteiger partial charge in [0.2, 0.25) is 0 Å². The fourth-order valence-electron chi connectivity index (χ4n) is 0. The van der Waals surface area contributed by atoms with Gasteiger partial charge in [0.05, 0.1) is 0 Å². The first-order valence-electron chi connectivity index (χ1n) is 0.783. The van der Waals surface area contributed by atoms with Crippen molar-refractivity contribution in [2.24, 2.45) is 0 Å². The molecular formula is H7CaO6P. The Morgan fingerprint density at radius 3 is 1.00 bits per heavy atom. The average Bonchev–Trinajstić information content (AvgIpc) is 0.722. The first-order chi connectivity index (χ1) is 2.00. The maximum Gasteiger partial charge on any atom is 0.466 e. The van der Waals surface area contributed by atoms with E-state index in [1.165, 1.54) is 0 Å². The molecule has 7 N–H and O–H groups in total. The number of hydrogen-bond acceptors (Lipinski definition) is 1. The number of hydrogen-bond donors (Lipinski definition) is 3. The van der Waals surface area contributed by atoms with Crippen LogP contribution in [0.1, 0.15) is 0 Å².